The van der Waals surface area contributed by atoms with Crippen molar-refractivity contribution in [2.24, 2.45) is 0 Å². The summed E-state index contributed by atoms with van der Waals surface area (Å²) in [5.74, 6) is 0.671. The van der Waals surface area contributed by atoms with Gasteiger partial charge in [0, 0.05) is 19.7 Å². The molecular weight excluding hydrogens is 192 g/mol. The second-order valence-corrected chi connectivity index (χ2v) is 2.95. The molecule has 0 bridgehead atoms. The Kier molecular flexibility index (Phi) is 4.45. The van der Waals surface area contributed by atoms with Gasteiger partial charge in [-0.25, -0.2) is 0 Å². The Balaban J connectivity index is 2.75. The van der Waals surface area contributed by atoms with Gasteiger partial charge in [-0.05, 0) is 12.1 Å². The molecule has 0 radical (unpaired) electrons. The van der Waals surface area contributed by atoms with Crippen molar-refractivity contribution in [3.63, 3.8) is 0 Å². The van der Waals surface area contributed by atoms with Crippen molar-refractivity contribution in [1.29, 1.82) is 5.26 Å². The topological polar surface area (TPSA) is 54.3 Å². The number of hydrogen-bond acceptors (Lipinski definition) is 4. The van der Waals surface area contributed by atoms with Crippen LogP contribution in [0.5, 0.6) is 5.75 Å². The molecule has 4 nitrogen and oxygen atoms in total. The number of nitriles is 1. The van der Waals surface area contributed by atoms with Gasteiger partial charge in [0.2, 0.25) is 0 Å². The lowest BCUT2D eigenvalue weighted by Gasteiger charge is -2.10. The Morgan fingerprint density at radius 1 is 1.40 bits per heavy atom. The highest BCUT2D eigenvalue weighted by atomic mass is 16.5. The van der Waals surface area contributed by atoms with Gasteiger partial charge in [0.25, 0.3) is 0 Å². The lowest BCUT2D eigenvalue weighted by molar-refractivity contribution is 0.210. The van der Waals surface area contributed by atoms with Crippen LogP contribution in [0.2, 0.25) is 0 Å². The summed E-state index contributed by atoms with van der Waals surface area (Å²) in [5.41, 5.74) is 1.46. The van der Waals surface area contributed by atoms with E-state index in [1.807, 2.05) is 6.07 Å². The van der Waals surface area contributed by atoms with Crippen LogP contribution < -0.4 is 10.1 Å². The Bertz CT molecular complexity index is 358. The number of hydrogen-bond donors (Lipinski definition) is 1. The van der Waals surface area contributed by atoms with E-state index in [1.54, 1.807) is 26.4 Å². The molecule has 0 unspecified atom stereocenters. The van der Waals surface area contributed by atoms with E-state index < -0.39 is 0 Å². The van der Waals surface area contributed by atoms with Crippen LogP contribution in [-0.2, 0) is 4.74 Å². The third-order valence-electron chi connectivity index (χ3n) is 1.95. The molecule has 0 fully saturated rings. The molecule has 0 saturated heterocycles. The molecule has 0 amide bonds. The van der Waals surface area contributed by atoms with Crippen LogP contribution in [0.15, 0.2) is 18.2 Å². The minimum atomic E-state index is 0.587. The van der Waals surface area contributed by atoms with Crippen molar-refractivity contribution >= 4 is 5.69 Å². The van der Waals surface area contributed by atoms with Gasteiger partial charge in [-0.3, -0.25) is 0 Å². The molecule has 80 valence electrons. The minimum Gasteiger partial charge on any atom is -0.495 e. The van der Waals surface area contributed by atoms with Crippen molar-refractivity contribution in [3.8, 4) is 11.8 Å². The lowest BCUT2D eigenvalue weighted by atomic mass is 10.2. The fraction of sp³-hybridized carbons (Fsp3) is 0.364. The monoisotopic (exact) mass is 206 g/mol. The summed E-state index contributed by atoms with van der Waals surface area (Å²) < 4.78 is 10.1. The van der Waals surface area contributed by atoms with Crippen molar-refractivity contribution in [2.45, 2.75) is 0 Å². The van der Waals surface area contributed by atoms with Crippen LogP contribution >= 0.6 is 0 Å². The first-order chi connectivity index (χ1) is 7.31. The van der Waals surface area contributed by atoms with E-state index in [4.69, 9.17) is 14.7 Å². The molecule has 0 saturated carbocycles. The molecule has 1 rings (SSSR count). The Morgan fingerprint density at radius 3 is 2.80 bits per heavy atom. The molecule has 0 spiro atoms. The van der Waals surface area contributed by atoms with E-state index in [9.17, 15) is 0 Å². The highest BCUT2D eigenvalue weighted by Gasteiger charge is 2.03. The standard InChI is InChI=1S/C11H14N2O2/c1-14-6-5-13-10-4-3-9(8-12)7-11(10)15-2/h3-4,7,13H,5-6H2,1-2H3. The van der Waals surface area contributed by atoms with Crippen molar-refractivity contribution in [1.82, 2.24) is 0 Å². The highest BCUT2D eigenvalue weighted by Crippen LogP contribution is 2.24. The number of nitrogens with one attached hydrogen (secondary N) is 1. The van der Waals surface area contributed by atoms with Crippen LogP contribution in [0.25, 0.3) is 0 Å². The molecule has 1 aromatic carbocycles. The van der Waals surface area contributed by atoms with Gasteiger partial charge < -0.3 is 14.8 Å². The summed E-state index contributed by atoms with van der Waals surface area (Å²) in [7, 11) is 3.23. The zero-order chi connectivity index (χ0) is 11.1. The van der Waals surface area contributed by atoms with Crippen molar-refractivity contribution in [2.75, 3.05) is 32.7 Å². The van der Waals surface area contributed by atoms with Gasteiger partial charge in [-0.1, -0.05) is 0 Å². The van der Waals surface area contributed by atoms with Crippen LogP contribution in [0.3, 0.4) is 0 Å². The molecule has 0 aliphatic heterocycles. The normalized spacial score (nSPS) is 9.40. The van der Waals surface area contributed by atoms with E-state index >= 15 is 0 Å². The van der Waals surface area contributed by atoms with Crippen LogP contribution in [0, 0.1) is 11.3 Å². The van der Waals surface area contributed by atoms with Crippen molar-refractivity contribution < 1.29 is 9.47 Å². The molecule has 0 aromatic heterocycles. The Labute approximate surface area is 89.4 Å². The summed E-state index contributed by atoms with van der Waals surface area (Å²) in [6.45, 7) is 1.34. The summed E-state index contributed by atoms with van der Waals surface area (Å²) in [4.78, 5) is 0. The molecule has 1 N–H and O–H groups in total. The Hall–Kier alpha value is -1.73. The fourth-order valence-corrected chi connectivity index (χ4v) is 1.19. The number of ether oxygens (including phenoxy) is 2. The minimum absolute atomic E-state index is 0.587. The molecular formula is C11H14N2O2. The van der Waals surface area contributed by atoms with Gasteiger partial charge in [0.15, 0.2) is 0 Å². The zero-order valence-electron chi connectivity index (χ0n) is 8.91. The van der Waals surface area contributed by atoms with E-state index in [2.05, 4.69) is 11.4 Å². The van der Waals surface area contributed by atoms with Gasteiger partial charge in [-0.15, -0.1) is 0 Å². The quantitative estimate of drug-likeness (QED) is 0.744. The van der Waals surface area contributed by atoms with Crippen molar-refractivity contribution in [3.05, 3.63) is 23.8 Å². The molecule has 0 atom stereocenters. The summed E-state index contributed by atoms with van der Waals surface area (Å²) in [5, 5.41) is 11.9. The van der Waals surface area contributed by atoms with Gasteiger partial charge in [-0.2, -0.15) is 5.26 Å². The highest BCUT2D eigenvalue weighted by molar-refractivity contribution is 5.59. The van der Waals surface area contributed by atoms with Crippen LogP contribution in [0.4, 0.5) is 5.69 Å². The van der Waals surface area contributed by atoms with E-state index in [-0.39, 0.29) is 0 Å². The predicted octanol–water partition coefficient (Wildman–Crippen LogP) is 1.63. The predicted molar refractivity (Wildman–Crippen MR) is 58.1 cm³/mol. The van der Waals surface area contributed by atoms with Crippen LogP contribution in [0.1, 0.15) is 5.56 Å². The third kappa shape index (κ3) is 3.15. The average Bonchev–Trinajstić information content (AvgIpc) is 2.29. The lowest BCUT2D eigenvalue weighted by Crippen LogP contribution is -2.08. The third-order valence-corrected chi connectivity index (χ3v) is 1.95. The maximum Gasteiger partial charge on any atom is 0.143 e. The molecule has 0 aliphatic carbocycles. The molecule has 4 heteroatoms. The Morgan fingerprint density at radius 2 is 2.20 bits per heavy atom. The summed E-state index contributed by atoms with van der Waals surface area (Å²) in [6, 6.07) is 7.34. The van der Waals surface area contributed by atoms with E-state index in [0.717, 1.165) is 5.69 Å². The smallest absolute Gasteiger partial charge is 0.143 e. The van der Waals surface area contributed by atoms with Gasteiger partial charge in [0.05, 0.1) is 31.0 Å². The van der Waals surface area contributed by atoms with Gasteiger partial charge >= 0.3 is 0 Å². The number of nitrogens with zero attached hydrogens (tertiary/aromatic N) is 1. The summed E-state index contributed by atoms with van der Waals surface area (Å²) in [6.07, 6.45) is 0. The second-order valence-electron chi connectivity index (χ2n) is 2.95. The number of anilines is 1. The largest absolute Gasteiger partial charge is 0.495 e. The average molecular weight is 206 g/mol. The first-order valence-corrected chi connectivity index (χ1v) is 4.62. The molecule has 0 heterocycles. The van der Waals surface area contributed by atoms with Crippen LogP contribution in [-0.4, -0.2) is 27.4 Å². The zero-order valence-corrected chi connectivity index (χ0v) is 8.91. The second kappa shape index (κ2) is 5.89. The molecule has 15 heavy (non-hydrogen) atoms. The summed E-state index contributed by atoms with van der Waals surface area (Å²) >= 11 is 0. The fourth-order valence-electron chi connectivity index (χ4n) is 1.19. The van der Waals surface area contributed by atoms with E-state index in [0.29, 0.717) is 24.5 Å². The van der Waals surface area contributed by atoms with Gasteiger partial charge in [0.1, 0.15) is 5.75 Å². The molecule has 1 aromatic rings. The molecule has 0 aliphatic rings. The number of benzene rings is 1. The van der Waals surface area contributed by atoms with E-state index in [1.165, 1.54) is 0 Å². The SMILES string of the molecule is COCCNc1ccc(C#N)cc1OC. The first kappa shape index (κ1) is 11.3. The first-order valence-electron chi connectivity index (χ1n) is 4.62. The number of methoxy groups -OCH3 is 2. The number of rotatable bonds is 5. The maximum atomic E-state index is 8.72. The maximum absolute atomic E-state index is 8.72.